The van der Waals surface area contributed by atoms with Crippen molar-refractivity contribution in [3.05, 3.63) is 84.4 Å². The number of nitrogens with one attached hydrogen (secondary N) is 1. The van der Waals surface area contributed by atoms with Crippen LogP contribution in [0.3, 0.4) is 0 Å². The van der Waals surface area contributed by atoms with Crippen LogP contribution < -0.4 is 19.7 Å². The van der Waals surface area contributed by atoms with Crippen molar-refractivity contribution in [2.45, 2.75) is 32.9 Å². The van der Waals surface area contributed by atoms with Crippen molar-refractivity contribution >= 4 is 29.3 Å². The number of amides is 2. The van der Waals surface area contributed by atoms with Crippen molar-refractivity contribution in [1.82, 2.24) is 5.32 Å². The molecule has 0 saturated heterocycles. The first-order valence-electron chi connectivity index (χ1n) is 14.8. The van der Waals surface area contributed by atoms with Crippen LogP contribution >= 0.6 is 11.6 Å². The number of hydrogen-bond donors (Lipinski definition) is 1. The molecule has 45 heavy (non-hydrogen) atoms. The lowest BCUT2D eigenvalue weighted by Crippen LogP contribution is -2.34. The fourth-order valence-corrected chi connectivity index (χ4v) is 4.04. The van der Waals surface area contributed by atoms with Crippen molar-refractivity contribution in [2.24, 2.45) is 0 Å². The summed E-state index contributed by atoms with van der Waals surface area (Å²) in [4.78, 5) is 25.7. The van der Waals surface area contributed by atoms with Crippen LogP contribution in [0.4, 0.5) is 10.5 Å². The van der Waals surface area contributed by atoms with Gasteiger partial charge in [0.25, 0.3) is 0 Å². The van der Waals surface area contributed by atoms with Crippen molar-refractivity contribution in [1.29, 1.82) is 0 Å². The molecule has 11 heteroatoms. The molecule has 0 fully saturated rings. The Labute approximate surface area is 270 Å². The van der Waals surface area contributed by atoms with Gasteiger partial charge in [-0.25, -0.2) is 4.79 Å². The van der Waals surface area contributed by atoms with Crippen LogP contribution in [0.1, 0.15) is 26.3 Å². The number of hydrogen-bond acceptors (Lipinski definition) is 8. The minimum absolute atomic E-state index is 0.101. The third-order valence-corrected chi connectivity index (χ3v) is 6.19. The van der Waals surface area contributed by atoms with E-state index in [9.17, 15) is 9.59 Å². The molecule has 0 bridgehead atoms. The predicted molar refractivity (Wildman–Crippen MR) is 173 cm³/mol. The van der Waals surface area contributed by atoms with Crippen molar-refractivity contribution in [3.63, 3.8) is 0 Å². The summed E-state index contributed by atoms with van der Waals surface area (Å²) in [6.45, 7) is 9.19. The van der Waals surface area contributed by atoms with Crippen molar-refractivity contribution in [2.75, 3.05) is 63.6 Å². The fraction of sp³-hybridized carbons (Fsp3) is 0.412. The first-order valence-corrected chi connectivity index (χ1v) is 15.4. The topological polar surface area (TPSA) is 105 Å². The molecule has 244 valence electrons. The molecular formula is C34H43ClN2O8. The van der Waals surface area contributed by atoms with Crippen LogP contribution in [-0.4, -0.2) is 76.3 Å². The largest absolute Gasteiger partial charge is 0.491 e. The van der Waals surface area contributed by atoms with E-state index in [1.807, 2.05) is 99.6 Å². The van der Waals surface area contributed by atoms with Gasteiger partial charge >= 0.3 is 6.09 Å². The summed E-state index contributed by atoms with van der Waals surface area (Å²) >= 11 is 5.87. The molecule has 0 aliphatic carbocycles. The van der Waals surface area contributed by atoms with E-state index < -0.39 is 11.7 Å². The average molecular weight is 643 g/mol. The van der Waals surface area contributed by atoms with E-state index in [4.69, 9.17) is 40.0 Å². The summed E-state index contributed by atoms with van der Waals surface area (Å²) in [5, 5.41) is 2.63. The zero-order chi connectivity index (χ0) is 32.3. The summed E-state index contributed by atoms with van der Waals surface area (Å²) in [7, 11) is 0. The third-order valence-electron chi connectivity index (χ3n) is 5.96. The van der Waals surface area contributed by atoms with Crippen LogP contribution in [0, 0.1) is 0 Å². The van der Waals surface area contributed by atoms with E-state index in [1.165, 1.54) is 0 Å². The predicted octanol–water partition coefficient (Wildman–Crippen LogP) is 6.20. The lowest BCUT2D eigenvalue weighted by molar-refractivity contribution is -0.116. The summed E-state index contributed by atoms with van der Waals surface area (Å²) in [5.74, 6) is 1.73. The highest BCUT2D eigenvalue weighted by atomic mass is 35.5. The zero-order valence-electron chi connectivity index (χ0n) is 26.2. The highest BCUT2D eigenvalue weighted by Crippen LogP contribution is 2.27. The number of anilines is 1. The van der Waals surface area contributed by atoms with Crippen LogP contribution in [0.5, 0.6) is 17.2 Å². The smallest absolute Gasteiger partial charge is 0.407 e. The van der Waals surface area contributed by atoms with Crippen LogP contribution in [0.2, 0.25) is 0 Å². The van der Waals surface area contributed by atoms with Gasteiger partial charge in [-0.2, -0.15) is 0 Å². The summed E-state index contributed by atoms with van der Waals surface area (Å²) < 4.78 is 33.3. The number of nitrogens with zero attached hydrogens (tertiary/aromatic N) is 1. The molecule has 0 aromatic heterocycles. The van der Waals surface area contributed by atoms with Crippen LogP contribution in [0.15, 0.2) is 78.9 Å². The Bertz CT molecular complexity index is 1270. The number of rotatable bonds is 19. The highest BCUT2D eigenvalue weighted by molar-refractivity contribution is 6.29. The number of alkyl carbamates (subject to hydrolysis) is 1. The number of ether oxygens (including phenoxy) is 6. The van der Waals surface area contributed by atoms with Gasteiger partial charge in [-0.15, -0.1) is 11.6 Å². The maximum atomic E-state index is 12.5. The van der Waals surface area contributed by atoms with Gasteiger partial charge in [0.1, 0.15) is 35.3 Å². The average Bonchev–Trinajstić information content (AvgIpc) is 3.02. The van der Waals surface area contributed by atoms with E-state index in [2.05, 4.69) is 5.32 Å². The molecule has 0 saturated carbocycles. The number of halogens is 1. The maximum absolute atomic E-state index is 12.5. The Hall–Kier alpha value is -3.83. The second-order valence-corrected chi connectivity index (χ2v) is 11.0. The lowest BCUT2D eigenvalue weighted by Gasteiger charge is -2.22. The molecule has 2 amide bonds. The van der Waals surface area contributed by atoms with Gasteiger partial charge < -0.3 is 38.6 Å². The first kappa shape index (κ1) is 35.6. The van der Waals surface area contributed by atoms with Crippen LogP contribution in [-0.2, 0) is 30.3 Å². The number of carbonyl (C=O) groups is 2. The number of alkyl halides is 1. The van der Waals surface area contributed by atoms with Gasteiger partial charge in [0.2, 0.25) is 5.91 Å². The van der Waals surface area contributed by atoms with Gasteiger partial charge in [0.15, 0.2) is 0 Å². The molecule has 0 atom stereocenters. The van der Waals surface area contributed by atoms with E-state index in [-0.39, 0.29) is 11.8 Å². The Balaban J connectivity index is 1.25. The summed E-state index contributed by atoms with van der Waals surface area (Å²) in [6, 6.07) is 24.4. The molecule has 0 aliphatic heterocycles. The molecule has 0 unspecified atom stereocenters. The second-order valence-electron chi connectivity index (χ2n) is 10.8. The van der Waals surface area contributed by atoms with E-state index >= 15 is 0 Å². The van der Waals surface area contributed by atoms with E-state index in [0.29, 0.717) is 76.6 Å². The summed E-state index contributed by atoms with van der Waals surface area (Å²) in [6.07, 6.45) is -0.460. The molecule has 3 aromatic carbocycles. The molecule has 0 heterocycles. The molecule has 3 rings (SSSR count). The van der Waals surface area contributed by atoms with Gasteiger partial charge in [0.05, 0.1) is 46.2 Å². The second kappa shape index (κ2) is 19.5. The van der Waals surface area contributed by atoms with Gasteiger partial charge in [-0.1, -0.05) is 30.3 Å². The van der Waals surface area contributed by atoms with Crippen molar-refractivity contribution in [3.8, 4) is 17.2 Å². The monoisotopic (exact) mass is 642 g/mol. The van der Waals surface area contributed by atoms with E-state index in [0.717, 1.165) is 11.3 Å². The Morgan fingerprint density at radius 1 is 0.711 bits per heavy atom. The Morgan fingerprint density at radius 2 is 1.24 bits per heavy atom. The van der Waals surface area contributed by atoms with Gasteiger partial charge in [0, 0.05) is 12.2 Å². The van der Waals surface area contributed by atoms with Crippen LogP contribution in [0.25, 0.3) is 0 Å². The molecular weight excluding hydrogens is 600 g/mol. The molecule has 10 nitrogen and oxygen atoms in total. The molecule has 3 aromatic rings. The maximum Gasteiger partial charge on any atom is 0.407 e. The quantitative estimate of drug-likeness (QED) is 0.122. The van der Waals surface area contributed by atoms with E-state index in [1.54, 1.807) is 4.90 Å². The summed E-state index contributed by atoms with van der Waals surface area (Å²) in [5.41, 5.74) is 1.23. The van der Waals surface area contributed by atoms with Crippen molar-refractivity contribution < 1.29 is 38.0 Å². The van der Waals surface area contributed by atoms with Gasteiger partial charge in [-0.05, 0) is 74.9 Å². The highest BCUT2D eigenvalue weighted by Gasteiger charge is 2.16. The Kier molecular flexibility index (Phi) is 15.5. The number of benzene rings is 3. The lowest BCUT2D eigenvalue weighted by atomic mass is 10.2. The minimum Gasteiger partial charge on any atom is -0.491 e. The molecule has 1 N–H and O–H groups in total. The SMILES string of the molecule is CC(C)(C)OC(=O)NCCOCCOCCOCCOc1ccc(Oc2ccc(N(Cc3ccccc3)C(=O)CCl)cc2)cc1. The zero-order valence-corrected chi connectivity index (χ0v) is 26.9. The normalized spacial score (nSPS) is 11.1. The van der Waals surface area contributed by atoms with Gasteiger partial charge in [-0.3, -0.25) is 4.79 Å². The minimum atomic E-state index is -0.521. The first-order chi connectivity index (χ1) is 21.7. The molecule has 0 spiro atoms. The molecule has 0 aliphatic rings. The fourth-order valence-electron chi connectivity index (χ4n) is 3.90. The standard InChI is InChI=1S/C34H43ClN2O8/c1-34(2,3)45-33(39)36-17-18-40-19-20-41-21-22-42-23-24-43-29-13-15-31(16-14-29)44-30-11-9-28(10-12-30)37(32(38)25-35)26-27-7-5-4-6-8-27/h4-16H,17-26H2,1-3H3,(H,36,39). The molecule has 0 radical (unpaired) electrons. The number of carbonyl (C=O) groups excluding carboxylic acids is 2. The third kappa shape index (κ3) is 14.7. The Morgan fingerprint density at radius 3 is 1.82 bits per heavy atom.